The highest BCUT2D eigenvalue weighted by molar-refractivity contribution is 7.97. The molecule has 6 rings (SSSR count). The number of esters is 3. The molecule has 266 valence electrons. The number of rotatable bonds is 9. The van der Waals surface area contributed by atoms with Crippen molar-refractivity contribution in [3.05, 3.63) is 103 Å². The van der Waals surface area contributed by atoms with Crippen LogP contribution in [0, 0.1) is 23.7 Å². The van der Waals surface area contributed by atoms with Crippen LogP contribution in [-0.2, 0) is 49.6 Å². The summed E-state index contributed by atoms with van der Waals surface area (Å²) in [5.74, 6) is -8.97. The van der Waals surface area contributed by atoms with Crippen LogP contribution in [-0.4, -0.2) is 60.6 Å². The van der Waals surface area contributed by atoms with Gasteiger partial charge < -0.3 is 18.8 Å². The zero-order valence-corrected chi connectivity index (χ0v) is 27.6. The fourth-order valence-corrected chi connectivity index (χ4v) is 8.97. The van der Waals surface area contributed by atoms with Crippen LogP contribution in [0.15, 0.2) is 118 Å². The number of hydrogen-bond donors (Lipinski definition) is 0. The fourth-order valence-electron chi connectivity index (χ4n) is 6.42. The lowest BCUT2D eigenvalue weighted by Gasteiger charge is -2.33. The third-order valence-electron chi connectivity index (χ3n) is 8.52. The maximum Gasteiger partial charge on any atom is 0.432 e. The van der Waals surface area contributed by atoms with Crippen molar-refractivity contribution in [3.63, 3.8) is 0 Å². The molecule has 0 spiro atoms. The molecule has 0 aromatic heterocycles. The summed E-state index contributed by atoms with van der Waals surface area (Å²) in [6.45, 7) is 4.62. The second-order valence-corrected chi connectivity index (χ2v) is 15.3. The normalized spacial score (nSPS) is 24.5. The van der Waals surface area contributed by atoms with Gasteiger partial charge in [-0.25, -0.2) is 13.2 Å². The van der Waals surface area contributed by atoms with Crippen LogP contribution in [0.2, 0.25) is 0 Å². The first-order valence-electron chi connectivity index (χ1n) is 15.0. The van der Waals surface area contributed by atoms with E-state index in [2.05, 4.69) is 102 Å². The minimum atomic E-state index is -6.87. The Labute approximate surface area is 286 Å². The minimum Gasteiger partial charge on any atom is -0.743 e. The van der Waals surface area contributed by atoms with E-state index in [1.54, 1.807) is 0 Å². The molecular formula is C34H29F5O9S2. The van der Waals surface area contributed by atoms with Crippen LogP contribution in [0.3, 0.4) is 0 Å². The van der Waals surface area contributed by atoms with Crippen LogP contribution in [0.25, 0.3) is 0 Å². The zero-order valence-electron chi connectivity index (χ0n) is 26.0. The molecule has 3 fully saturated rings. The van der Waals surface area contributed by atoms with Gasteiger partial charge in [-0.2, -0.15) is 22.0 Å². The molecule has 1 heterocycles. The van der Waals surface area contributed by atoms with Crippen molar-refractivity contribution in [2.24, 2.45) is 23.7 Å². The number of benzene rings is 3. The van der Waals surface area contributed by atoms with Gasteiger partial charge in [-0.3, -0.25) is 9.59 Å². The first-order valence-corrected chi connectivity index (χ1v) is 17.6. The molecule has 50 heavy (non-hydrogen) atoms. The molecule has 16 heteroatoms. The highest BCUT2D eigenvalue weighted by atomic mass is 32.2. The lowest BCUT2D eigenvalue weighted by atomic mass is 9.78. The second-order valence-electron chi connectivity index (χ2n) is 11.8. The third kappa shape index (κ3) is 7.28. The molecule has 3 aromatic carbocycles. The third-order valence-corrected chi connectivity index (χ3v) is 11.6. The Kier molecular flexibility index (Phi) is 10.5. The predicted molar refractivity (Wildman–Crippen MR) is 165 cm³/mol. The lowest BCUT2D eigenvalue weighted by Crippen LogP contribution is -2.54. The molecule has 2 aliphatic carbocycles. The minimum absolute atomic E-state index is 0.0146. The van der Waals surface area contributed by atoms with E-state index in [0.29, 0.717) is 0 Å². The summed E-state index contributed by atoms with van der Waals surface area (Å²) >= 11 is 0. The van der Waals surface area contributed by atoms with E-state index in [0.717, 1.165) is 0 Å². The largest absolute Gasteiger partial charge is 0.743 e. The highest BCUT2D eigenvalue weighted by Gasteiger charge is 2.71. The summed E-state index contributed by atoms with van der Waals surface area (Å²) in [4.78, 5) is 40.5. The first-order chi connectivity index (χ1) is 23.4. The Bertz CT molecular complexity index is 1750. The summed E-state index contributed by atoms with van der Waals surface area (Å²) in [7, 11) is -6.89. The van der Waals surface area contributed by atoms with Crippen LogP contribution >= 0.6 is 0 Å². The van der Waals surface area contributed by atoms with E-state index in [1.165, 1.54) is 21.6 Å². The van der Waals surface area contributed by atoms with Gasteiger partial charge in [-0.1, -0.05) is 61.2 Å². The number of hydrogen-bond acceptors (Lipinski definition) is 9. The highest BCUT2D eigenvalue weighted by Crippen LogP contribution is 2.59. The molecule has 2 bridgehead atoms. The Morgan fingerprint density at radius 2 is 1.34 bits per heavy atom. The van der Waals surface area contributed by atoms with Crippen LogP contribution in [0.1, 0.15) is 13.3 Å². The number of ether oxygens (including phenoxy) is 3. The smallest absolute Gasteiger partial charge is 0.432 e. The average molecular weight is 741 g/mol. The molecule has 0 radical (unpaired) electrons. The summed E-state index contributed by atoms with van der Waals surface area (Å²) in [5.41, 5.74) is -0.0693. The molecule has 1 aliphatic heterocycles. The number of fused-ring (bicyclic) bond motifs is 1. The standard InChI is InChI=1S/C18H15S.C16H15F5O9S/c1-4-10-16(11-5-1)19(17-12-6-2-7-13-17)18-14-8-3-9-15-18;1-4(2)11(22)28-9-6-3-5-7(12(23)29-10(5)9)8(6)13(24)30-14(15(17,18)19)16(20,21)31(25,26)27/h1-15H;5-10,14H,1,3H2,2H3,(H,25,26,27)/q+1;/p-1. The average Bonchev–Trinajstić information content (AvgIpc) is 3.68. The van der Waals surface area contributed by atoms with Gasteiger partial charge in [0.2, 0.25) is 0 Å². The topological polar surface area (TPSA) is 136 Å². The van der Waals surface area contributed by atoms with Gasteiger partial charge in [0, 0.05) is 17.4 Å². The Balaban J connectivity index is 0.000000217. The van der Waals surface area contributed by atoms with E-state index in [4.69, 9.17) is 9.47 Å². The fraction of sp³-hybridized carbons (Fsp3) is 0.324. The molecule has 9 nitrogen and oxygen atoms in total. The van der Waals surface area contributed by atoms with Crippen LogP contribution in [0.4, 0.5) is 22.0 Å². The number of carbonyl (C=O) groups excluding carboxylic acids is 3. The Hall–Kier alpha value is -4.28. The number of halogens is 5. The molecule has 7 unspecified atom stereocenters. The van der Waals surface area contributed by atoms with Gasteiger partial charge in [0.1, 0.15) is 12.2 Å². The predicted octanol–water partition coefficient (Wildman–Crippen LogP) is 5.68. The molecular weight excluding hydrogens is 711 g/mol. The van der Waals surface area contributed by atoms with E-state index >= 15 is 0 Å². The molecule has 3 aliphatic rings. The van der Waals surface area contributed by atoms with Gasteiger partial charge in [0.25, 0.3) is 6.10 Å². The van der Waals surface area contributed by atoms with Crippen molar-refractivity contribution in [1.29, 1.82) is 0 Å². The van der Waals surface area contributed by atoms with Gasteiger partial charge in [-0.15, -0.1) is 0 Å². The van der Waals surface area contributed by atoms with E-state index < -0.39 is 81.4 Å². The summed E-state index contributed by atoms with van der Waals surface area (Å²) in [6, 6.07) is 32.2. The molecule has 3 aromatic rings. The monoisotopic (exact) mass is 740 g/mol. The van der Waals surface area contributed by atoms with Crippen molar-refractivity contribution in [2.45, 2.75) is 57.8 Å². The molecule has 0 N–H and O–H groups in total. The SMILES string of the molecule is C=C(C)C(=O)OC1C2CC3C1OC(=O)C3C2C(=O)OC(C(F)(F)F)C(F)(F)S(=O)(=O)[O-].c1ccc([S+](c2ccccc2)c2ccccc2)cc1. The summed E-state index contributed by atoms with van der Waals surface area (Å²) in [6.07, 6.45) is -13.0. The van der Waals surface area contributed by atoms with Gasteiger partial charge in [-0.05, 0) is 49.7 Å². The maximum absolute atomic E-state index is 13.7. The lowest BCUT2D eigenvalue weighted by molar-refractivity contribution is -0.262. The molecule has 0 amide bonds. The van der Waals surface area contributed by atoms with Crippen molar-refractivity contribution >= 4 is 38.9 Å². The Morgan fingerprint density at radius 1 is 0.880 bits per heavy atom. The van der Waals surface area contributed by atoms with Crippen molar-refractivity contribution in [3.8, 4) is 0 Å². The van der Waals surface area contributed by atoms with Crippen molar-refractivity contribution in [1.82, 2.24) is 0 Å². The number of alkyl halides is 5. The Morgan fingerprint density at radius 3 is 1.74 bits per heavy atom. The number of carbonyl (C=O) groups is 3. The van der Waals surface area contributed by atoms with Gasteiger partial charge in [0.15, 0.2) is 24.8 Å². The zero-order chi connectivity index (χ0) is 36.6. The van der Waals surface area contributed by atoms with E-state index in [1.807, 2.05) is 0 Å². The van der Waals surface area contributed by atoms with E-state index in [-0.39, 0.29) is 22.9 Å². The van der Waals surface area contributed by atoms with Gasteiger partial charge in [0.05, 0.1) is 22.7 Å². The van der Waals surface area contributed by atoms with Crippen molar-refractivity contribution < 1.29 is 63.5 Å². The van der Waals surface area contributed by atoms with Crippen LogP contribution < -0.4 is 0 Å². The summed E-state index contributed by atoms with van der Waals surface area (Å²) in [5, 5.41) is -6.02. The van der Waals surface area contributed by atoms with Gasteiger partial charge >= 0.3 is 29.3 Å². The van der Waals surface area contributed by atoms with E-state index in [9.17, 15) is 49.3 Å². The maximum atomic E-state index is 13.7. The van der Waals surface area contributed by atoms with Crippen LogP contribution in [0.5, 0.6) is 0 Å². The molecule has 7 atom stereocenters. The molecule has 1 saturated heterocycles. The first kappa shape index (κ1) is 37.0. The molecule has 2 saturated carbocycles. The summed E-state index contributed by atoms with van der Waals surface area (Å²) < 4.78 is 112. The van der Waals surface area contributed by atoms with Crippen molar-refractivity contribution in [2.75, 3.05) is 0 Å². The second kappa shape index (κ2) is 14.2. The quantitative estimate of drug-likeness (QED) is 0.0679.